The fourth-order valence-corrected chi connectivity index (χ4v) is 2.33. The Balaban J connectivity index is 2.64. The van der Waals surface area contributed by atoms with E-state index in [0.29, 0.717) is 11.7 Å². The van der Waals surface area contributed by atoms with Gasteiger partial charge in [-0.05, 0) is 31.8 Å². The molecule has 0 aromatic carbocycles. The summed E-state index contributed by atoms with van der Waals surface area (Å²) in [5.41, 5.74) is 1.29. The molecule has 1 saturated carbocycles. The van der Waals surface area contributed by atoms with Crippen LogP contribution in [0.1, 0.15) is 32.6 Å². The first-order valence-electron chi connectivity index (χ1n) is 6.16. The Morgan fingerprint density at radius 3 is 2.76 bits per heavy atom. The summed E-state index contributed by atoms with van der Waals surface area (Å²) < 4.78 is 4.96. The highest BCUT2D eigenvalue weighted by Crippen LogP contribution is 2.34. The predicted molar refractivity (Wildman–Crippen MR) is 70.1 cm³/mol. The van der Waals surface area contributed by atoms with Crippen molar-refractivity contribution in [3.05, 3.63) is 36.1 Å². The van der Waals surface area contributed by atoms with Crippen LogP contribution in [-0.4, -0.2) is 7.11 Å². The fraction of sp³-hybridized carbons (Fsp3) is 0.533. The van der Waals surface area contributed by atoms with Crippen molar-refractivity contribution in [2.24, 2.45) is 11.8 Å². The van der Waals surface area contributed by atoms with Crippen LogP contribution in [0.3, 0.4) is 0 Å². The minimum absolute atomic E-state index is 0.194. The molecule has 0 spiro atoms. The predicted octanol–water partition coefficient (Wildman–Crippen LogP) is 3.98. The summed E-state index contributed by atoms with van der Waals surface area (Å²) >= 11 is 0. The lowest BCUT2D eigenvalue weighted by atomic mass is 9.76. The molecule has 2 atom stereocenters. The molecule has 1 rings (SSSR count). The van der Waals surface area contributed by atoms with Crippen LogP contribution in [0.2, 0.25) is 0 Å². The number of hydrogen-bond acceptors (Lipinski definition) is 2. The second-order valence-electron chi connectivity index (χ2n) is 4.57. The number of hydrogen-bond donors (Lipinski definition) is 0. The van der Waals surface area contributed by atoms with Crippen molar-refractivity contribution in [3.8, 4) is 6.07 Å². The standard InChI is InChI=1S/C15H21NO/c1-12(7-6-8-13(2)17-3)15-10-5-4-9-14(15)11-16/h6-8,14-15H,2,4-5,9-10H2,1,3H3/b8-6-,12-7+. The molecular formula is C15H21NO. The number of nitriles is 1. The molecule has 1 aliphatic carbocycles. The monoisotopic (exact) mass is 231 g/mol. The average molecular weight is 231 g/mol. The molecule has 0 aromatic heterocycles. The molecule has 0 saturated heterocycles. The Labute approximate surface area is 104 Å². The lowest BCUT2D eigenvalue weighted by Gasteiger charge is -2.27. The van der Waals surface area contributed by atoms with E-state index < -0.39 is 0 Å². The zero-order valence-corrected chi connectivity index (χ0v) is 10.8. The summed E-state index contributed by atoms with van der Waals surface area (Å²) in [6.45, 7) is 5.83. The van der Waals surface area contributed by atoms with Gasteiger partial charge in [0.25, 0.3) is 0 Å². The highest BCUT2D eigenvalue weighted by atomic mass is 16.5. The van der Waals surface area contributed by atoms with Gasteiger partial charge in [-0.1, -0.05) is 37.1 Å². The second-order valence-corrected chi connectivity index (χ2v) is 4.57. The lowest BCUT2D eigenvalue weighted by Crippen LogP contribution is -2.18. The van der Waals surface area contributed by atoms with Gasteiger partial charge in [0.05, 0.1) is 19.1 Å². The summed E-state index contributed by atoms with van der Waals surface area (Å²) in [6, 6.07) is 2.44. The summed E-state index contributed by atoms with van der Waals surface area (Å²) in [5, 5.41) is 9.13. The van der Waals surface area contributed by atoms with Gasteiger partial charge in [-0.15, -0.1) is 0 Å². The van der Waals surface area contributed by atoms with Crippen LogP contribution in [0, 0.1) is 23.2 Å². The van der Waals surface area contributed by atoms with Gasteiger partial charge in [0.1, 0.15) is 5.76 Å². The SMILES string of the molecule is C=C(/C=C\C=C(/C)C1CCCCC1C#N)OC. The Morgan fingerprint density at radius 1 is 1.41 bits per heavy atom. The highest BCUT2D eigenvalue weighted by molar-refractivity contribution is 5.20. The number of ether oxygens (including phenoxy) is 1. The molecule has 0 N–H and O–H groups in total. The normalized spacial score (nSPS) is 25.6. The van der Waals surface area contributed by atoms with Crippen molar-refractivity contribution in [1.29, 1.82) is 5.26 Å². The van der Waals surface area contributed by atoms with Crippen molar-refractivity contribution in [3.63, 3.8) is 0 Å². The van der Waals surface area contributed by atoms with Crippen LogP contribution in [0.15, 0.2) is 36.1 Å². The fourth-order valence-electron chi connectivity index (χ4n) is 2.33. The van der Waals surface area contributed by atoms with Gasteiger partial charge in [-0.3, -0.25) is 0 Å². The van der Waals surface area contributed by atoms with E-state index in [1.54, 1.807) is 7.11 Å². The summed E-state index contributed by atoms with van der Waals surface area (Å²) in [5.74, 6) is 1.27. The Bertz CT molecular complexity index is 360. The quantitative estimate of drug-likeness (QED) is 0.541. The molecule has 0 aromatic rings. The molecule has 2 unspecified atom stereocenters. The molecule has 92 valence electrons. The molecule has 2 heteroatoms. The molecule has 0 aliphatic heterocycles. The average Bonchev–Trinajstić information content (AvgIpc) is 2.38. The third kappa shape index (κ3) is 4.11. The van der Waals surface area contributed by atoms with E-state index in [4.69, 9.17) is 10.00 Å². The van der Waals surface area contributed by atoms with Crippen LogP contribution >= 0.6 is 0 Å². The lowest BCUT2D eigenvalue weighted by molar-refractivity contribution is 0.309. The van der Waals surface area contributed by atoms with E-state index in [9.17, 15) is 0 Å². The number of methoxy groups -OCH3 is 1. The molecule has 0 amide bonds. The maximum absolute atomic E-state index is 9.13. The molecular weight excluding hydrogens is 210 g/mol. The number of rotatable bonds is 4. The van der Waals surface area contributed by atoms with Gasteiger partial charge in [-0.25, -0.2) is 0 Å². The maximum atomic E-state index is 9.13. The third-order valence-electron chi connectivity index (χ3n) is 3.42. The first-order valence-corrected chi connectivity index (χ1v) is 6.16. The number of nitrogens with zero attached hydrogens (tertiary/aromatic N) is 1. The first-order chi connectivity index (χ1) is 8.19. The topological polar surface area (TPSA) is 33.0 Å². The van der Waals surface area contributed by atoms with Gasteiger partial charge in [0.15, 0.2) is 0 Å². The zero-order chi connectivity index (χ0) is 12.7. The maximum Gasteiger partial charge on any atom is 0.111 e. The number of allylic oxidation sites excluding steroid dienone is 4. The molecule has 0 heterocycles. The second kappa shape index (κ2) is 6.96. The van der Waals surface area contributed by atoms with Gasteiger partial charge in [-0.2, -0.15) is 5.26 Å². The third-order valence-corrected chi connectivity index (χ3v) is 3.42. The van der Waals surface area contributed by atoms with E-state index in [1.165, 1.54) is 18.4 Å². The van der Waals surface area contributed by atoms with E-state index >= 15 is 0 Å². The van der Waals surface area contributed by atoms with E-state index in [2.05, 4.69) is 25.6 Å². The van der Waals surface area contributed by atoms with Gasteiger partial charge >= 0.3 is 0 Å². The van der Waals surface area contributed by atoms with Crippen molar-refractivity contribution < 1.29 is 4.74 Å². The van der Waals surface area contributed by atoms with Crippen molar-refractivity contribution in [2.75, 3.05) is 7.11 Å². The van der Waals surface area contributed by atoms with Crippen LogP contribution < -0.4 is 0 Å². The molecule has 1 fully saturated rings. The minimum atomic E-state index is 0.194. The Kier molecular flexibility index (Phi) is 5.56. The summed E-state index contributed by atoms with van der Waals surface area (Å²) in [7, 11) is 1.61. The minimum Gasteiger partial charge on any atom is -0.497 e. The molecule has 17 heavy (non-hydrogen) atoms. The smallest absolute Gasteiger partial charge is 0.111 e. The molecule has 2 nitrogen and oxygen atoms in total. The van der Waals surface area contributed by atoms with Crippen molar-refractivity contribution >= 4 is 0 Å². The van der Waals surface area contributed by atoms with Crippen LogP contribution in [0.25, 0.3) is 0 Å². The van der Waals surface area contributed by atoms with Gasteiger partial charge < -0.3 is 4.74 Å². The molecule has 0 radical (unpaired) electrons. The Hall–Kier alpha value is -1.49. The summed E-state index contributed by atoms with van der Waals surface area (Å²) in [6.07, 6.45) is 10.5. The largest absolute Gasteiger partial charge is 0.497 e. The van der Waals surface area contributed by atoms with Crippen LogP contribution in [0.4, 0.5) is 0 Å². The molecule has 1 aliphatic rings. The van der Waals surface area contributed by atoms with Crippen LogP contribution in [0.5, 0.6) is 0 Å². The van der Waals surface area contributed by atoms with Gasteiger partial charge in [0.2, 0.25) is 0 Å². The highest BCUT2D eigenvalue weighted by Gasteiger charge is 2.25. The van der Waals surface area contributed by atoms with Crippen molar-refractivity contribution in [2.45, 2.75) is 32.6 Å². The van der Waals surface area contributed by atoms with E-state index in [1.807, 2.05) is 12.2 Å². The zero-order valence-electron chi connectivity index (χ0n) is 10.8. The first kappa shape index (κ1) is 13.6. The Morgan fingerprint density at radius 2 is 2.12 bits per heavy atom. The van der Waals surface area contributed by atoms with Crippen LogP contribution in [-0.2, 0) is 4.74 Å². The van der Waals surface area contributed by atoms with E-state index in [-0.39, 0.29) is 5.92 Å². The van der Waals surface area contributed by atoms with Gasteiger partial charge in [0, 0.05) is 0 Å². The van der Waals surface area contributed by atoms with Crippen molar-refractivity contribution in [1.82, 2.24) is 0 Å². The van der Waals surface area contributed by atoms with E-state index in [0.717, 1.165) is 12.8 Å². The molecule has 0 bridgehead atoms. The summed E-state index contributed by atoms with van der Waals surface area (Å²) in [4.78, 5) is 0.